The van der Waals surface area contributed by atoms with E-state index in [-0.39, 0.29) is 43.3 Å². The second-order valence-corrected chi connectivity index (χ2v) is 12.8. The molecule has 7 rings (SSSR count). The Kier molecular flexibility index (Phi) is 9.19. The van der Waals surface area contributed by atoms with Gasteiger partial charge in [-0.15, -0.1) is 0 Å². The second-order valence-electron chi connectivity index (χ2n) is 12.8. The number of amides is 5. The second kappa shape index (κ2) is 14.0. The standard InChI is InChI=1S/C40H40N6O4/c1-3-22-44(40(50)41-2)45-26-37(47)46-35(39(49)43(25-36(45)46)24-30-14-8-12-28-10-4-6-15-32(28)30)23-27-18-20-31(21-19-27)42-38(48)34-17-9-13-29-11-5-7-16-33(29)34/h4-21,35-36H,3,22-26H2,1-2H3,(H,41,50)(H,42,48)/t35-,36+/m0/s1. The van der Waals surface area contributed by atoms with Crippen LogP contribution in [0.5, 0.6) is 0 Å². The zero-order valence-corrected chi connectivity index (χ0v) is 28.2. The van der Waals surface area contributed by atoms with Crippen LogP contribution in [0.3, 0.4) is 0 Å². The summed E-state index contributed by atoms with van der Waals surface area (Å²) in [6.07, 6.45) is 0.478. The Labute approximate surface area is 291 Å². The number of fused-ring (bicyclic) bond motifs is 3. The van der Waals surface area contributed by atoms with Gasteiger partial charge in [0.2, 0.25) is 11.8 Å². The predicted molar refractivity (Wildman–Crippen MR) is 194 cm³/mol. The molecule has 2 saturated heterocycles. The van der Waals surface area contributed by atoms with E-state index in [0.29, 0.717) is 30.8 Å². The topological polar surface area (TPSA) is 105 Å². The summed E-state index contributed by atoms with van der Waals surface area (Å²) in [4.78, 5) is 57.9. The molecule has 0 aromatic heterocycles. The maximum absolute atomic E-state index is 14.4. The molecule has 10 nitrogen and oxygen atoms in total. The molecule has 5 aromatic rings. The van der Waals surface area contributed by atoms with Crippen molar-refractivity contribution in [2.45, 2.75) is 38.5 Å². The number of nitrogens with one attached hydrogen (secondary N) is 2. The summed E-state index contributed by atoms with van der Waals surface area (Å²) >= 11 is 0. The van der Waals surface area contributed by atoms with Crippen molar-refractivity contribution < 1.29 is 19.2 Å². The number of carbonyl (C=O) groups excluding carboxylic acids is 4. The Morgan fingerprint density at radius 3 is 2.20 bits per heavy atom. The van der Waals surface area contributed by atoms with Crippen molar-refractivity contribution in [2.75, 3.05) is 32.0 Å². The molecule has 0 saturated carbocycles. The number of hydrogen-bond acceptors (Lipinski definition) is 5. The highest BCUT2D eigenvalue weighted by molar-refractivity contribution is 6.13. The van der Waals surface area contributed by atoms with Gasteiger partial charge in [0.25, 0.3) is 5.91 Å². The van der Waals surface area contributed by atoms with E-state index in [0.717, 1.165) is 32.7 Å². The number of carbonyl (C=O) groups is 4. The van der Waals surface area contributed by atoms with Gasteiger partial charge in [0, 0.05) is 37.8 Å². The molecule has 254 valence electrons. The van der Waals surface area contributed by atoms with Crippen molar-refractivity contribution in [2.24, 2.45) is 0 Å². The van der Waals surface area contributed by atoms with Gasteiger partial charge in [0.05, 0.1) is 13.1 Å². The maximum atomic E-state index is 14.4. The Morgan fingerprint density at radius 2 is 1.48 bits per heavy atom. The van der Waals surface area contributed by atoms with E-state index in [1.807, 2.05) is 108 Å². The van der Waals surface area contributed by atoms with E-state index in [2.05, 4.69) is 28.8 Å². The molecule has 5 amide bonds. The molecule has 2 aliphatic heterocycles. The third-order valence-electron chi connectivity index (χ3n) is 9.68. The average molecular weight is 669 g/mol. The number of rotatable bonds is 9. The van der Waals surface area contributed by atoms with Crippen LogP contribution in [0.1, 0.15) is 34.8 Å². The number of hydrazine groups is 1. The zero-order chi connectivity index (χ0) is 34.8. The Morgan fingerprint density at radius 1 is 0.820 bits per heavy atom. The van der Waals surface area contributed by atoms with Crippen LogP contribution in [-0.4, -0.2) is 82.5 Å². The molecule has 2 N–H and O–H groups in total. The lowest BCUT2D eigenvalue weighted by Crippen LogP contribution is -2.66. The first kappa shape index (κ1) is 32.8. The number of urea groups is 1. The van der Waals surface area contributed by atoms with Gasteiger partial charge >= 0.3 is 6.03 Å². The summed E-state index contributed by atoms with van der Waals surface area (Å²) in [5, 5.41) is 13.1. The number of nitrogens with zero attached hydrogens (tertiary/aromatic N) is 4. The Bertz CT molecular complexity index is 2070. The van der Waals surface area contributed by atoms with Crippen molar-refractivity contribution in [1.82, 2.24) is 25.1 Å². The molecule has 0 bridgehead atoms. The molecule has 2 atom stereocenters. The molecule has 50 heavy (non-hydrogen) atoms. The van der Waals surface area contributed by atoms with Crippen LogP contribution in [0.2, 0.25) is 0 Å². The van der Waals surface area contributed by atoms with Gasteiger partial charge in [-0.1, -0.05) is 97.9 Å². The lowest BCUT2D eigenvalue weighted by Gasteiger charge is -2.46. The molecule has 10 heteroatoms. The van der Waals surface area contributed by atoms with Gasteiger partial charge < -0.3 is 20.4 Å². The molecule has 2 heterocycles. The fourth-order valence-electron chi connectivity index (χ4n) is 7.28. The zero-order valence-electron chi connectivity index (χ0n) is 28.2. The monoisotopic (exact) mass is 668 g/mol. The third kappa shape index (κ3) is 6.25. The largest absolute Gasteiger partial charge is 0.340 e. The van der Waals surface area contributed by atoms with Gasteiger partial charge in [-0.3, -0.25) is 19.4 Å². The minimum Gasteiger partial charge on any atom is -0.340 e. The predicted octanol–water partition coefficient (Wildman–Crippen LogP) is 5.64. The molecule has 0 unspecified atom stereocenters. The van der Waals surface area contributed by atoms with E-state index in [1.165, 1.54) is 0 Å². The minimum absolute atomic E-state index is 0.00309. The molecule has 0 radical (unpaired) electrons. The smallest absolute Gasteiger partial charge is 0.331 e. The highest BCUT2D eigenvalue weighted by Crippen LogP contribution is 2.32. The summed E-state index contributed by atoms with van der Waals surface area (Å²) in [6, 6.07) is 34.0. The van der Waals surface area contributed by atoms with Gasteiger partial charge in [-0.2, -0.15) is 5.01 Å². The first-order valence-corrected chi connectivity index (χ1v) is 17.1. The van der Waals surface area contributed by atoms with Crippen LogP contribution < -0.4 is 10.6 Å². The van der Waals surface area contributed by atoms with Crippen molar-refractivity contribution in [1.29, 1.82) is 0 Å². The van der Waals surface area contributed by atoms with Crippen molar-refractivity contribution >= 4 is 51.0 Å². The van der Waals surface area contributed by atoms with Crippen LogP contribution in [-0.2, 0) is 22.6 Å². The molecule has 0 spiro atoms. The van der Waals surface area contributed by atoms with Crippen molar-refractivity contribution in [3.63, 3.8) is 0 Å². The summed E-state index contributed by atoms with van der Waals surface area (Å²) in [7, 11) is 1.58. The van der Waals surface area contributed by atoms with Gasteiger partial charge in [-0.25, -0.2) is 4.79 Å². The number of benzene rings is 5. The average Bonchev–Trinajstić information content (AvgIpc) is 3.47. The summed E-state index contributed by atoms with van der Waals surface area (Å²) < 4.78 is 0. The Hall–Kier alpha value is -5.74. The van der Waals surface area contributed by atoms with Crippen LogP contribution in [0, 0.1) is 0 Å². The van der Waals surface area contributed by atoms with Gasteiger partial charge in [0.15, 0.2) is 0 Å². The van der Waals surface area contributed by atoms with E-state index in [1.54, 1.807) is 17.0 Å². The lowest BCUT2D eigenvalue weighted by atomic mass is 9.98. The van der Waals surface area contributed by atoms with E-state index in [4.69, 9.17) is 0 Å². The van der Waals surface area contributed by atoms with Crippen LogP contribution in [0.4, 0.5) is 10.5 Å². The fraction of sp³-hybridized carbons (Fsp3) is 0.250. The normalized spacial score (nSPS) is 17.6. The lowest BCUT2D eigenvalue weighted by molar-refractivity contribution is -0.157. The van der Waals surface area contributed by atoms with Gasteiger partial charge in [-0.05, 0) is 57.3 Å². The fourth-order valence-corrected chi connectivity index (χ4v) is 7.28. The first-order valence-electron chi connectivity index (χ1n) is 17.1. The van der Waals surface area contributed by atoms with Crippen molar-refractivity contribution in [3.05, 3.63) is 126 Å². The van der Waals surface area contributed by atoms with Crippen LogP contribution >= 0.6 is 0 Å². The van der Waals surface area contributed by atoms with Crippen LogP contribution in [0.15, 0.2) is 109 Å². The Balaban J connectivity index is 1.16. The van der Waals surface area contributed by atoms with E-state index < -0.39 is 12.2 Å². The number of hydrogen-bond donors (Lipinski definition) is 2. The third-order valence-corrected chi connectivity index (χ3v) is 9.68. The number of anilines is 1. The number of piperazine rings is 1. The van der Waals surface area contributed by atoms with E-state index in [9.17, 15) is 19.2 Å². The van der Waals surface area contributed by atoms with Crippen LogP contribution in [0.25, 0.3) is 21.5 Å². The van der Waals surface area contributed by atoms with Gasteiger partial charge in [0.1, 0.15) is 12.2 Å². The minimum atomic E-state index is -0.773. The molecule has 2 fully saturated rings. The highest BCUT2D eigenvalue weighted by atomic mass is 16.2. The van der Waals surface area contributed by atoms with Crippen molar-refractivity contribution in [3.8, 4) is 0 Å². The quantitative estimate of drug-likeness (QED) is 0.212. The summed E-state index contributed by atoms with van der Waals surface area (Å²) in [5.41, 5.74) is 3.08. The summed E-state index contributed by atoms with van der Waals surface area (Å²) in [5.74, 6) is -0.540. The molecular formula is C40H40N6O4. The summed E-state index contributed by atoms with van der Waals surface area (Å²) in [6.45, 7) is 3.06. The SMILES string of the molecule is CCCN(C(=O)NC)N1CC(=O)N2[C@@H](Cc3ccc(NC(=O)c4cccc5ccccc45)cc3)C(=O)N(Cc3cccc4ccccc34)C[C@@H]21. The molecular weight excluding hydrogens is 628 g/mol. The maximum Gasteiger partial charge on any atom is 0.331 e. The molecule has 0 aliphatic carbocycles. The molecule has 2 aliphatic rings. The first-order chi connectivity index (χ1) is 24.4. The highest BCUT2D eigenvalue weighted by Gasteiger charge is 2.52. The van der Waals surface area contributed by atoms with E-state index >= 15 is 0 Å². The molecule has 5 aromatic carbocycles.